The topological polar surface area (TPSA) is 44.4 Å². The maximum Gasteiger partial charge on any atom is 0.251 e. The SMILES string of the molecule is CCNC(=O)c1cccc(NC2CCN(C(C)C)CC2)c1. The van der Waals surface area contributed by atoms with Crippen LogP contribution >= 0.6 is 0 Å². The summed E-state index contributed by atoms with van der Waals surface area (Å²) in [5.41, 5.74) is 1.77. The van der Waals surface area contributed by atoms with Gasteiger partial charge in [0.1, 0.15) is 0 Å². The van der Waals surface area contributed by atoms with Gasteiger partial charge in [-0.1, -0.05) is 6.07 Å². The van der Waals surface area contributed by atoms with Gasteiger partial charge in [0, 0.05) is 43.0 Å². The first-order valence-electron chi connectivity index (χ1n) is 7.99. The summed E-state index contributed by atoms with van der Waals surface area (Å²) in [4.78, 5) is 14.4. The molecule has 4 nitrogen and oxygen atoms in total. The lowest BCUT2D eigenvalue weighted by atomic mass is 10.0. The molecule has 1 aliphatic heterocycles. The van der Waals surface area contributed by atoms with E-state index >= 15 is 0 Å². The number of hydrogen-bond acceptors (Lipinski definition) is 3. The fourth-order valence-corrected chi connectivity index (χ4v) is 2.81. The van der Waals surface area contributed by atoms with Crippen molar-refractivity contribution in [2.24, 2.45) is 0 Å². The van der Waals surface area contributed by atoms with Crippen molar-refractivity contribution < 1.29 is 4.79 Å². The monoisotopic (exact) mass is 289 g/mol. The van der Waals surface area contributed by atoms with Crippen molar-refractivity contribution in [3.8, 4) is 0 Å². The molecule has 116 valence electrons. The molecule has 0 bridgehead atoms. The third-order valence-electron chi connectivity index (χ3n) is 4.09. The van der Waals surface area contributed by atoms with Crippen LogP contribution in [0.25, 0.3) is 0 Å². The molecule has 1 saturated heterocycles. The summed E-state index contributed by atoms with van der Waals surface area (Å²) in [5, 5.41) is 6.41. The van der Waals surface area contributed by atoms with Crippen LogP contribution in [0, 0.1) is 0 Å². The Morgan fingerprint density at radius 2 is 2.05 bits per heavy atom. The smallest absolute Gasteiger partial charge is 0.251 e. The zero-order valence-electron chi connectivity index (χ0n) is 13.4. The van der Waals surface area contributed by atoms with E-state index in [1.165, 1.54) is 0 Å². The second-order valence-corrected chi connectivity index (χ2v) is 5.99. The van der Waals surface area contributed by atoms with Gasteiger partial charge < -0.3 is 15.5 Å². The molecular formula is C17H27N3O. The van der Waals surface area contributed by atoms with E-state index in [9.17, 15) is 4.79 Å². The fourth-order valence-electron chi connectivity index (χ4n) is 2.81. The Hall–Kier alpha value is -1.55. The van der Waals surface area contributed by atoms with Gasteiger partial charge in [-0.2, -0.15) is 0 Å². The summed E-state index contributed by atoms with van der Waals surface area (Å²) in [6.45, 7) is 9.39. The number of hydrogen-bond donors (Lipinski definition) is 2. The minimum Gasteiger partial charge on any atom is -0.382 e. The maximum absolute atomic E-state index is 11.9. The number of rotatable bonds is 5. The highest BCUT2D eigenvalue weighted by Gasteiger charge is 2.20. The zero-order chi connectivity index (χ0) is 15.2. The van der Waals surface area contributed by atoms with Crippen molar-refractivity contribution in [3.05, 3.63) is 29.8 Å². The van der Waals surface area contributed by atoms with Gasteiger partial charge >= 0.3 is 0 Å². The summed E-state index contributed by atoms with van der Waals surface area (Å²) >= 11 is 0. The summed E-state index contributed by atoms with van der Waals surface area (Å²) < 4.78 is 0. The van der Waals surface area contributed by atoms with Gasteiger partial charge in [0.05, 0.1) is 0 Å². The fraction of sp³-hybridized carbons (Fsp3) is 0.588. The molecule has 1 aromatic rings. The van der Waals surface area contributed by atoms with E-state index in [1.54, 1.807) is 0 Å². The maximum atomic E-state index is 11.9. The molecule has 0 aliphatic carbocycles. The predicted molar refractivity (Wildman–Crippen MR) is 87.8 cm³/mol. The van der Waals surface area contributed by atoms with E-state index in [1.807, 2.05) is 31.2 Å². The molecule has 2 N–H and O–H groups in total. The van der Waals surface area contributed by atoms with Crippen molar-refractivity contribution in [2.75, 3.05) is 25.0 Å². The number of nitrogens with one attached hydrogen (secondary N) is 2. The lowest BCUT2D eigenvalue weighted by Gasteiger charge is -2.35. The summed E-state index contributed by atoms with van der Waals surface area (Å²) in [5.74, 6) is -0.00391. The number of carbonyl (C=O) groups is 1. The van der Waals surface area contributed by atoms with E-state index in [2.05, 4.69) is 29.4 Å². The van der Waals surface area contributed by atoms with Gasteiger partial charge in [0.15, 0.2) is 0 Å². The lowest BCUT2D eigenvalue weighted by molar-refractivity contribution is 0.0956. The van der Waals surface area contributed by atoms with Gasteiger partial charge in [-0.15, -0.1) is 0 Å². The van der Waals surface area contributed by atoms with Crippen LogP contribution in [0.2, 0.25) is 0 Å². The first-order valence-corrected chi connectivity index (χ1v) is 7.99. The number of amides is 1. The molecular weight excluding hydrogens is 262 g/mol. The van der Waals surface area contributed by atoms with E-state index in [-0.39, 0.29) is 5.91 Å². The molecule has 2 rings (SSSR count). The van der Waals surface area contributed by atoms with Gasteiger partial charge in [-0.05, 0) is 51.8 Å². The largest absolute Gasteiger partial charge is 0.382 e. The van der Waals surface area contributed by atoms with Gasteiger partial charge in [0.25, 0.3) is 5.91 Å². The Bertz CT molecular complexity index is 465. The zero-order valence-corrected chi connectivity index (χ0v) is 13.4. The minimum atomic E-state index is -0.00391. The first-order chi connectivity index (χ1) is 10.1. The second kappa shape index (κ2) is 7.46. The number of carbonyl (C=O) groups excluding carboxylic acids is 1. The second-order valence-electron chi connectivity index (χ2n) is 5.99. The molecule has 0 spiro atoms. The van der Waals surface area contributed by atoms with Gasteiger partial charge in [0.2, 0.25) is 0 Å². The first kappa shape index (κ1) is 15.8. The number of piperidine rings is 1. The molecule has 1 fully saturated rings. The van der Waals surface area contributed by atoms with Crippen molar-refractivity contribution in [1.82, 2.24) is 10.2 Å². The Balaban J connectivity index is 1.92. The molecule has 1 amide bonds. The molecule has 4 heteroatoms. The molecule has 0 aromatic heterocycles. The summed E-state index contributed by atoms with van der Waals surface area (Å²) in [6.07, 6.45) is 2.31. The van der Waals surface area contributed by atoms with Gasteiger partial charge in [-0.3, -0.25) is 4.79 Å². The highest BCUT2D eigenvalue weighted by atomic mass is 16.1. The third kappa shape index (κ3) is 4.46. The molecule has 0 unspecified atom stereocenters. The molecule has 0 atom stereocenters. The Labute approximate surface area is 127 Å². The van der Waals surface area contributed by atoms with Crippen molar-refractivity contribution in [1.29, 1.82) is 0 Å². The summed E-state index contributed by atoms with van der Waals surface area (Å²) in [6, 6.07) is 8.92. The number of benzene rings is 1. The van der Waals surface area contributed by atoms with E-state index in [4.69, 9.17) is 0 Å². The quantitative estimate of drug-likeness (QED) is 0.876. The highest BCUT2D eigenvalue weighted by molar-refractivity contribution is 5.95. The molecule has 1 aliphatic rings. The van der Waals surface area contributed by atoms with Crippen LogP contribution in [0.15, 0.2) is 24.3 Å². The summed E-state index contributed by atoms with van der Waals surface area (Å²) in [7, 11) is 0. The Kier molecular flexibility index (Phi) is 5.62. The number of likely N-dealkylation sites (tertiary alicyclic amines) is 1. The van der Waals surface area contributed by atoms with Crippen LogP contribution in [-0.2, 0) is 0 Å². The van der Waals surface area contributed by atoms with Crippen LogP contribution in [0.5, 0.6) is 0 Å². The van der Waals surface area contributed by atoms with Crippen LogP contribution in [-0.4, -0.2) is 42.5 Å². The van der Waals surface area contributed by atoms with Gasteiger partial charge in [-0.25, -0.2) is 0 Å². The number of nitrogens with zero attached hydrogens (tertiary/aromatic N) is 1. The highest BCUT2D eigenvalue weighted by Crippen LogP contribution is 2.19. The van der Waals surface area contributed by atoms with E-state index in [0.717, 1.165) is 37.2 Å². The van der Waals surface area contributed by atoms with Crippen LogP contribution < -0.4 is 10.6 Å². The lowest BCUT2D eigenvalue weighted by Crippen LogP contribution is -2.42. The third-order valence-corrected chi connectivity index (χ3v) is 4.09. The standard InChI is InChI=1S/C17H27N3O/c1-4-18-17(21)14-6-5-7-16(12-14)19-15-8-10-20(11-9-15)13(2)3/h5-7,12-13,15,19H,4,8-11H2,1-3H3,(H,18,21). The van der Waals surface area contributed by atoms with Crippen LogP contribution in [0.1, 0.15) is 44.0 Å². The van der Waals surface area contributed by atoms with Crippen LogP contribution in [0.4, 0.5) is 5.69 Å². The molecule has 21 heavy (non-hydrogen) atoms. The Morgan fingerprint density at radius 3 is 2.67 bits per heavy atom. The molecule has 1 aromatic carbocycles. The molecule has 0 radical (unpaired) electrons. The number of anilines is 1. The van der Waals surface area contributed by atoms with Crippen molar-refractivity contribution >= 4 is 11.6 Å². The predicted octanol–water partition coefficient (Wildman–Crippen LogP) is 2.72. The Morgan fingerprint density at radius 1 is 1.33 bits per heavy atom. The molecule has 1 heterocycles. The van der Waals surface area contributed by atoms with Crippen molar-refractivity contribution in [2.45, 2.75) is 45.7 Å². The minimum absolute atomic E-state index is 0.00391. The van der Waals surface area contributed by atoms with Crippen LogP contribution in [0.3, 0.4) is 0 Å². The normalized spacial score (nSPS) is 17.0. The van der Waals surface area contributed by atoms with E-state index in [0.29, 0.717) is 18.6 Å². The van der Waals surface area contributed by atoms with Crippen molar-refractivity contribution in [3.63, 3.8) is 0 Å². The van der Waals surface area contributed by atoms with E-state index < -0.39 is 0 Å². The molecule has 0 saturated carbocycles. The average Bonchev–Trinajstić information content (AvgIpc) is 2.48. The average molecular weight is 289 g/mol.